The molecule has 0 amide bonds. The van der Waals surface area contributed by atoms with Crippen molar-refractivity contribution < 1.29 is 0 Å². The number of aromatic nitrogens is 1. The van der Waals surface area contributed by atoms with Crippen molar-refractivity contribution in [1.29, 1.82) is 0 Å². The van der Waals surface area contributed by atoms with Gasteiger partial charge in [0, 0.05) is 51.3 Å². The summed E-state index contributed by atoms with van der Waals surface area (Å²) in [7, 11) is 0. The first kappa shape index (κ1) is 25.6. The highest BCUT2D eigenvalue weighted by Gasteiger charge is 2.21. The number of nitrogens with zero attached hydrogens (tertiary/aromatic N) is 1. The number of hydrogen-bond acceptors (Lipinski definition) is 2. The quantitative estimate of drug-likeness (QED) is 0.187. The number of fused-ring (bicyclic) bond motifs is 10. The minimum Gasteiger partial charge on any atom is -0.313 e. The lowest BCUT2D eigenvalue weighted by molar-refractivity contribution is 0.933. The smallest absolute Gasteiger partial charge is 0.0552 e. The molecule has 2 aliphatic carbocycles. The van der Waals surface area contributed by atoms with Gasteiger partial charge in [-0.25, -0.2) is 0 Å². The van der Waals surface area contributed by atoms with Gasteiger partial charge in [-0.15, -0.1) is 22.7 Å². The second-order valence-corrected chi connectivity index (χ2v) is 14.3. The van der Waals surface area contributed by atoms with Gasteiger partial charge in [-0.05, 0) is 77.5 Å². The predicted octanol–water partition coefficient (Wildman–Crippen LogP) is 11.0. The van der Waals surface area contributed by atoms with E-state index in [1.165, 1.54) is 84.2 Å². The van der Waals surface area contributed by atoms with Crippen molar-refractivity contribution >= 4 is 92.1 Å². The van der Waals surface area contributed by atoms with Gasteiger partial charge in [-0.3, -0.25) is 0 Å². The summed E-state index contributed by atoms with van der Waals surface area (Å²) in [6.07, 6.45) is 11.7. The van der Waals surface area contributed by atoms with E-state index in [1.807, 2.05) is 22.7 Å². The van der Waals surface area contributed by atoms with Gasteiger partial charge in [0.25, 0.3) is 0 Å². The first-order chi connectivity index (χ1) is 22.3. The Morgan fingerprint density at radius 1 is 0.556 bits per heavy atom. The maximum atomic E-state index is 2.54. The Hall–Kier alpha value is -4.70. The van der Waals surface area contributed by atoms with Crippen molar-refractivity contribution in [2.24, 2.45) is 0 Å². The molecule has 0 spiro atoms. The van der Waals surface area contributed by atoms with Crippen LogP contribution in [0.3, 0.4) is 0 Å². The molecule has 0 atom stereocenters. The topological polar surface area (TPSA) is 4.93 Å². The minimum absolute atomic E-state index is 1.03. The van der Waals surface area contributed by atoms with E-state index in [4.69, 9.17) is 0 Å². The van der Waals surface area contributed by atoms with Crippen LogP contribution in [0.15, 0.2) is 127 Å². The summed E-state index contributed by atoms with van der Waals surface area (Å²) < 4.78 is 8.19. The van der Waals surface area contributed by atoms with Gasteiger partial charge in [0.2, 0.25) is 0 Å². The number of hydrogen-bond donors (Lipinski definition) is 0. The van der Waals surface area contributed by atoms with Crippen LogP contribution in [0.25, 0.3) is 80.5 Å². The first-order valence-electron chi connectivity index (χ1n) is 15.9. The van der Waals surface area contributed by atoms with Crippen LogP contribution < -0.4 is 9.75 Å². The van der Waals surface area contributed by atoms with Gasteiger partial charge < -0.3 is 4.57 Å². The molecular formula is C42H29NS2. The van der Waals surface area contributed by atoms with Crippen LogP contribution in [-0.4, -0.2) is 4.57 Å². The van der Waals surface area contributed by atoms with Gasteiger partial charge in [-0.1, -0.05) is 103 Å². The molecule has 3 heterocycles. The second kappa shape index (κ2) is 9.90. The lowest BCUT2D eigenvalue weighted by Crippen LogP contribution is -2.25. The van der Waals surface area contributed by atoms with Crippen molar-refractivity contribution in [3.05, 3.63) is 137 Å². The largest absolute Gasteiger partial charge is 0.313 e. The number of para-hydroxylation sites is 1. The van der Waals surface area contributed by atoms with Crippen molar-refractivity contribution in [3.63, 3.8) is 0 Å². The molecule has 10 rings (SSSR count). The molecule has 0 bridgehead atoms. The molecule has 0 saturated heterocycles. The predicted molar refractivity (Wildman–Crippen MR) is 198 cm³/mol. The molecular weight excluding hydrogens is 583 g/mol. The van der Waals surface area contributed by atoms with Crippen LogP contribution in [0.4, 0.5) is 0 Å². The van der Waals surface area contributed by atoms with E-state index in [0.29, 0.717) is 0 Å². The summed E-state index contributed by atoms with van der Waals surface area (Å²) in [5.41, 5.74) is 9.72. The van der Waals surface area contributed by atoms with Gasteiger partial charge in [0.05, 0.1) is 11.0 Å². The van der Waals surface area contributed by atoms with Crippen molar-refractivity contribution in [2.75, 3.05) is 0 Å². The van der Waals surface area contributed by atoms with Crippen molar-refractivity contribution in [2.45, 2.75) is 25.7 Å². The molecule has 0 radical (unpaired) electrons. The Kier molecular flexibility index (Phi) is 5.64. The van der Waals surface area contributed by atoms with Crippen LogP contribution in [-0.2, 0) is 0 Å². The van der Waals surface area contributed by atoms with Crippen LogP contribution in [0.1, 0.15) is 25.7 Å². The number of rotatable bonds is 3. The molecule has 3 aromatic heterocycles. The molecule has 5 aromatic carbocycles. The van der Waals surface area contributed by atoms with E-state index in [0.717, 1.165) is 25.7 Å². The SMILES string of the molecule is C1=C(C2=c3sc4c(-c5ccccc5)cccc4c3=CCC2)CCC(n2c3ccccc3c3c4sc5ccccc5c4ccc32)=C1. The fourth-order valence-corrected chi connectivity index (χ4v) is 10.5. The lowest BCUT2D eigenvalue weighted by atomic mass is 9.90. The zero-order chi connectivity index (χ0) is 29.5. The van der Waals surface area contributed by atoms with Crippen molar-refractivity contribution in [1.82, 2.24) is 4.57 Å². The third-order valence-corrected chi connectivity index (χ3v) is 12.4. The zero-order valence-corrected chi connectivity index (χ0v) is 26.3. The molecule has 0 fully saturated rings. The summed E-state index contributed by atoms with van der Waals surface area (Å²) in [5.74, 6) is 0. The Labute approximate surface area is 269 Å². The summed E-state index contributed by atoms with van der Waals surface area (Å²) in [6, 6.07) is 40.2. The average Bonchev–Trinajstić information content (AvgIpc) is 3.78. The van der Waals surface area contributed by atoms with E-state index >= 15 is 0 Å². The number of benzene rings is 5. The van der Waals surface area contributed by atoms with Gasteiger partial charge in [-0.2, -0.15) is 0 Å². The molecule has 214 valence electrons. The van der Waals surface area contributed by atoms with Crippen molar-refractivity contribution in [3.8, 4) is 11.1 Å². The normalized spacial score (nSPS) is 15.2. The van der Waals surface area contributed by atoms with Gasteiger partial charge >= 0.3 is 0 Å². The highest BCUT2D eigenvalue weighted by atomic mass is 32.1. The third-order valence-electron chi connectivity index (χ3n) is 9.84. The van der Waals surface area contributed by atoms with E-state index in [9.17, 15) is 0 Å². The van der Waals surface area contributed by atoms with Gasteiger partial charge in [0.15, 0.2) is 0 Å². The molecule has 0 unspecified atom stereocenters. The highest BCUT2D eigenvalue weighted by molar-refractivity contribution is 7.26. The van der Waals surface area contributed by atoms with Crippen LogP contribution in [0.5, 0.6) is 0 Å². The van der Waals surface area contributed by atoms with Crippen LogP contribution in [0.2, 0.25) is 0 Å². The average molecular weight is 612 g/mol. The van der Waals surface area contributed by atoms with E-state index in [1.54, 1.807) is 5.57 Å². The Bertz CT molecular complexity index is 2690. The zero-order valence-electron chi connectivity index (χ0n) is 24.7. The molecule has 2 aliphatic rings. The number of thiophene rings is 2. The molecule has 3 heteroatoms. The molecule has 0 aliphatic heterocycles. The van der Waals surface area contributed by atoms with E-state index in [2.05, 4.69) is 132 Å². The van der Waals surface area contributed by atoms with E-state index < -0.39 is 0 Å². The summed E-state index contributed by atoms with van der Waals surface area (Å²) in [4.78, 5) is 0. The maximum Gasteiger partial charge on any atom is 0.0552 e. The highest BCUT2D eigenvalue weighted by Crippen LogP contribution is 2.44. The Morgan fingerprint density at radius 2 is 1.38 bits per heavy atom. The monoisotopic (exact) mass is 611 g/mol. The lowest BCUT2D eigenvalue weighted by Gasteiger charge is -2.20. The Balaban J connectivity index is 1.15. The summed E-state index contributed by atoms with van der Waals surface area (Å²) >= 11 is 3.92. The van der Waals surface area contributed by atoms with Crippen LogP contribution in [0, 0.1) is 0 Å². The Morgan fingerprint density at radius 3 is 2.27 bits per heavy atom. The van der Waals surface area contributed by atoms with Crippen LogP contribution >= 0.6 is 22.7 Å². The van der Waals surface area contributed by atoms with E-state index in [-0.39, 0.29) is 0 Å². The molecule has 45 heavy (non-hydrogen) atoms. The standard InChI is InChI=1S/C42H29NS2/c1-2-10-26(11-3-1)29-14-8-16-32-33-17-9-15-30(41(33)45-40(29)32)27-20-22-28(23-21-27)43-36-18-6-4-13-35(36)39-37(43)25-24-34-31-12-5-7-19-38(31)44-42(34)39/h1-8,10-14,16-20,22,24-25H,9,15,21,23H2. The molecule has 0 saturated carbocycles. The third kappa shape index (κ3) is 3.78. The number of allylic oxidation sites excluding steroid dienone is 4. The second-order valence-electron chi connectivity index (χ2n) is 12.3. The fraction of sp³-hybridized carbons (Fsp3) is 0.0952. The maximum absolute atomic E-state index is 2.54. The van der Waals surface area contributed by atoms with Gasteiger partial charge in [0.1, 0.15) is 0 Å². The molecule has 8 aromatic rings. The first-order valence-corrected chi connectivity index (χ1v) is 17.5. The summed E-state index contributed by atoms with van der Waals surface area (Å²) in [5, 5.41) is 8.31. The summed E-state index contributed by atoms with van der Waals surface area (Å²) in [6.45, 7) is 0. The molecule has 0 N–H and O–H groups in total. The minimum atomic E-state index is 1.03. The molecule has 1 nitrogen and oxygen atoms in total. The fourth-order valence-electron chi connectivity index (χ4n) is 7.80.